The average molecular weight is 591 g/mol. The largest absolute Gasteiger partial charge is 0.458 e. The Bertz CT molecular complexity index is 1140. The number of likely N-dealkylation sites (N-methyl/N-ethyl adjacent to an activating group) is 2. The Kier molecular flexibility index (Phi) is 7.93. The van der Waals surface area contributed by atoms with E-state index in [-0.39, 0.29) is 54.4 Å². The standard InChI is InChI=1S/C33H54N2O7/c1-31-13-11-23(41-28(37)18-34(3,4)5)16-22(31)9-10-25-24(31)12-14-32(2)30(21-15-27(36)40-20-21)26(17-33(25,32)39)42-29(38)19-35(6,7)8/h15,22-26,30,39H,9-14,16-20H2,1-8H3/q+2/t22-,23-,24-,25+,26-,30+,31-,32+,33+/m0/s1. The number of cyclic esters (lactones) is 1. The van der Waals surface area contributed by atoms with Gasteiger partial charge in [0, 0.05) is 23.8 Å². The van der Waals surface area contributed by atoms with E-state index in [4.69, 9.17) is 14.2 Å². The predicted octanol–water partition coefficient (Wildman–Crippen LogP) is 3.09. The number of fused-ring (bicyclic) bond motifs is 5. The first-order valence-corrected chi connectivity index (χ1v) is 15.9. The fourth-order valence-corrected chi connectivity index (χ4v) is 9.84. The number of rotatable bonds is 7. The van der Waals surface area contributed by atoms with E-state index in [0.29, 0.717) is 33.8 Å². The van der Waals surface area contributed by atoms with Crippen LogP contribution in [0.5, 0.6) is 0 Å². The van der Waals surface area contributed by atoms with Gasteiger partial charge in [-0.15, -0.1) is 0 Å². The molecule has 0 bridgehead atoms. The highest BCUT2D eigenvalue weighted by Gasteiger charge is 2.71. The number of carbonyl (C=O) groups excluding carboxylic acids is 3. The SMILES string of the molecule is C[C@]12CC[C@H](OC(=O)C[N+](C)(C)C)C[C@@H]1CC[C@@H]1[C@@H]2CC[C@]2(C)[C@H](C3=CC(=O)OC3)[C@@H](OC(=O)C[N+](C)(C)C)C[C@@]12O. The minimum absolute atomic E-state index is 0.0386. The number of hydrogen-bond acceptors (Lipinski definition) is 7. The summed E-state index contributed by atoms with van der Waals surface area (Å²) in [5.74, 6) is -0.152. The molecule has 0 aromatic heterocycles. The van der Waals surface area contributed by atoms with Gasteiger partial charge in [0.25, 0.3) is 0 Å². The quantitative estimate of drug-likeness (QED) is 0.276. The summed E-state index contributed by atoms with van der Waals surface area (Å²) in [6.45, 7) is 5.36. The van der Waals surface area contributed by atoms with Crippen molar-refractivity contribution < 1.29 is 42.7 Å². The summed E-state index contributed by atoms with van der Waals surface area (Å²) in [6.07, 6.45) is 7.81. The maximum Gasteiger partial charge on any atom is 0.362 e. The van der Waals surface area contributed by atoms with Crippen LogP contribution < -0.4 is 0 Å². The summed E-state index contributed by atoms with van der Waals surface area (Å²) in [7, 11) is 11.9. The number of ether oxygens (including phenoxy) is 3. The lowest BCUT2D eigenvalue weighted by molar-refractivity contribution is -0.862. The molecule has 42 heavy (non-hydrogen) atoms. The highest BCUT2D eigenvalue weighted by Crippen LogP contribution is 2.70. The van der Waals surface area contributed by atoms with Crippen molar-refractivity contribution in [2.24, 2.45) is 34.5 Å². The smallest absolute Gasteiger partial charge is 0.362 e. The first-order chi connectivity index (χ1) is 19.3. The van der Waals surface area contributed by atoms with E-state index in [0.717, 1.165) is 50.5 Å². The zero-order valence-corrected chi connectivity index (χ0v) is 27.1. The zero-order valence-electron chi connectivity index (χ0n) is 27.1. The lowest BCUT2D eigenvalue weighted by atomic mass is 9.43. The molecule has 4 saturated carbocycles. The van der Waals surface area contributed by atoms with Crippen molar-refractivity contribution in [2.75, 3.05) is 62.0 Å². The zero-order chi connectivity index (χ0) is 30.9. The summed E-state index contributed by atoms with van der Waals surface area (Å²) in [5.41, 5.74) is -0.647. The third-order valence-electron chi connectivity index (χ3n) is 11.7. The van der Waals surface area contributed by atoms with Crippen molar-refractivity contribution in [3.05, 3.63) is 11.6 Å². The predicted molar refractivity (Wildman–Crippen MR) is 157 cm³/mol. The molecule has 5 aliphatic rings. The summed E-state index contributed by atoms with van der Waals surface area (Å²) >= 11 is 0. The van der Waals surface area contributed by atoms with Crippen LogP contribution in [-0.4, -0.2) is 112 Å². The maximum atomic E-state index is 13.1. The number of quaternary nitrogens is 2. The van der Waals surface area contributed by atoms with Gasteiger partial charge in [0.1, 0.15) is 18.8 Å². The Morgan fingerprint density at radius 2 is 1.57 bits per heavy atom. The number of hydrogen-bond donors (Lipinski definition) is 1. The van der Waals surface area contributed by atoms with E-state index in [2.05, 4.69) is 13.8 Å². The molecule has 4 fully saturated rings. The van der Waals surface area contributed by atoms with Crippen LogP contribution in [0.25, 0.3) is 0 Å². The van der Waals surface area contributed by atoms with Crippen LogP contribution in [0, 0.1) is 34.5 Å². The Balaban J connectivity index is 1.37. The van der Waals surface area contributed by atoms with Gasteiger partial charge in [-0.1, -0.05) is 13.8 Å². The topological polar surface area (TPSA) is 99.1 Å². The van der Waals surface area contributed by atoms with Gasteiger partial charge in [-0.05, 0) is 73.7 Å². The van der Waals surface area contributed by atoms with Gasteiger partial charge in [-0.25, -0.2) is 14.4 Å². The molecule has 9 heteroatoms. The number of nitrogens with zero attached hydrogens (tertiary/aromatic N) is 2. The Morgan fingerprint density at radius 3 is 2.17 bits per heavy atom. The molecule has 1 aliphatic heterocycles. The molecule has 0 aromatic rings. The third kappa shape index (κ3) is 5.65. The minimum Gasteiger partial charge on any atom is -0.458 e. The fourth-order valence-electron chi connectivity index (χ4n) is 9.84. The normalized spacial score (nSPS) is 41.6. The van der Waals surface area contributed by atoms with Gasteiger partial charge < -0.3 is 28.3 Å². The molecule has 236 valence electrons. The molecule has 1 N–H and O–H groups in total. The van der Waals surface area contributed by atoms with E-state index in [9.17, 15) is 19.5 Å². The van der Waals surface area contributed by atoms with E-state index in [1.165, 1.54) is 0 Å². The number of carbonyl (C=O) groups is 3. The molecule has 1 heterocycles. The van der Waals surface area contributed by atoms with Crippen molar-refractivity contribution >= 4 is 17.9 Å². The molecule has 4 aliphatic carbocycles. The van der Waals surface area contributed by atoms with E-state index in [1.807, 2.05) is 42.3 Å². The molecule has 5 rings (SSSR count). The van der Waals surface area contributed by atoms with Crippen LogP contribution in [0.1, 0.15) is 65.2 Å². The highest BCUT2D eigenvalue weighted by molar-refractivity contribution is 5.85. The lowest BCUT2D eigenvalue weighted by Gasteiger charge is -2.63. The second kappa shape index (κ2) is 10.6. The summed E-state index contributed by atoms with van der Waals surface area (Å²) in [4.78, 5) is 37.8. The van der Waals surface area contributed by atoms with Crippen LogP contribution in [0.4, 0.5) is 0 Å². The van der Waals surface area contributed by atoms with Gasteiger partial charge in [0.2, 0.25) is 0 Å². The molecule has 9 atom stereocenters. The monoisotopic (exact) mass is 590 g/mol. The summed E-state index contributed by atoms with van der Waals surface area (Å²) in [5, 5.41) is 12.8. The van der Waals surface area contributed by atoms with Crippen molar-refractivity contribution in [1.29, 1.82) is 0 Å². The average Bonchev–Trinajstić information content (AvgIpc) is 3.34. The van der Waals surface area contributed by atoms with Gasteiger partial charge >= 0.3 is 17.9 Å². The van der Waals surface area contributed by atoms with Crippen molar-refractivity contribution in [1.82, 2.24) is 0 Å². The van der Waals surface area contributed by atoms with E-state index >= 15 is 0 Å². The van der Waals surface area contributed by atoms with Crippen molar-refractivity contribution in [3.8, 4) is 0 Å². The van der Waals surface area contributed by atoms with Gasteiger partial charge in [-0.3, -0.25) is 0 Å². The molecule has 0 spiro atoms. The highest BCUT2D eigenvalue weighted by atomic mass is 16.6. The number of esters is 3. The molecule has 0 aromatic carbocycles. The molecule has 0 saturated heterocycles. The Morgan fingerprint density at radius 1 is 0.929 bits per heavy atom. The molecule has 9 nitrogen and oxygen atoms in total. The Hall–Kier alpha value is -1.97. The van der Waals surface area contributed by atoms with Gasteiger partial charge in [0.15, 0.2) is 13.1 Å². The van der Waals surface area contributed by atoms with Crippen LogP contribution in [0.3, 0.4) is 0 Å². The second-order valence-electron chi connectivity index (χ2n) is 16.7. The molecule has 0 unspecified atom stereocenters. The van der Waals surface area contributed by atoms with E-state index < -0.39 is 17.1 Å². The molecule has 0 radical (unpaired) electrons. The third-order valence-corrected chi connectivity index (χ3v) is 11.7. The second-order valence-corrected chi connectivity index (χ2v) is 16.7. The first kappa shape index (κ1) is 31.5. The minimum atomic E-state index is -1.02. The lowest BCUT2D eigenvalue weighted by Crippen LogP contribution is -2.62. The number of aliphatic hydroxyl groups is 1. The van der Waals surface area contributed by atoms with Crippen LogP contribution in [0.2, 0.25) is 0 Å². The van der Waals surface area contributed by atoms with E-state index in [1.54, 1.807) is 6.08 Å². The maximum absolute atomic E-state index is 13.1. The van der Waals surface area contributed by atoms with Crippen LogP contribution in [-0.2, 0) is 28.6 Å². The van der Waals surface area contributed by atoms with Crippen LogP contribution in [0.15, 0.2) is 11.6 Å². The van der Waals surface area contributed by atoms with Crippen molar-refractivity contribution in [3.63, 3.8) is 0 Å². The summed E-state index contributed by atoms with van der Waals surface area (Å²) in [6, 6.07) is 0. The molecule has 0 amide bonds. The Labute approximate surface area is 251 Å². The molecular formula is C33H54N2O7+2. The van der Waals surface area contributed by atoms with Gasteiger partial charge in [-0.2, -0.15) is 0 Å². The summed E-state index contributed by atoms with van der Waals surface area (Å²) < 4.78 is 18.5. The van der Waals surface area contributed by atoms with Crippen LogP contribution >= 0.6 is 0 Å². The fraction of sp³-hybridized carbons (Fsp3) is 0.848. The first-order valence-electron chi connectivity index (χ1n) is 15.9. The molecular weight excluding hydrogens is 536 g/mol. The van der Waals surface area contributed by atoms with Gasteiger partial charge in [0.05, 0.1) is 47.9 Å². The van der Waals surface area contributed by atoms with Crippen molar-refractivity contribution in [2.45, 2.75) is 83.0 Å².